The number of nitrogens with one attached hydrogen (secondary N) is 1. The lowest BCUT2D eigenvalue weighted by Gasteiger charge is -2.17. The van der Waals surface area contributed by atoms with Gasteiger partial charge in [0.2, 0.25) is 0 Å². The lowest BCUT2D eigenvalue weighted by molar-refractivity contribution is 0.0752. The van der Waals surface area contributed by atoms with E-state index in [1.807, 2.05) is 0 Å². The van der Waals surface area contributed by atoms with Crippen LogP contribution in [-0.4, -0.2) is 23.5 Å². The maximum atomic E-state index is 13.7. The van der Waals surface area contributed by atoms with Gasteiger partial charge in [0.15, 0.2) is 0 Å². The Morgan fingerprint density at radius 2 is 2.00 bits per heavy atom. The van der Waals surface area contributed by atoms with E-state index < -0.39 is 12.3 Å². The number of alkyl halides is 1. The molecule has 4 fully saturated rings. The maximum Gasteiger partial charge on any atom is 0.411 e. The van der Waals surface area contributed by atoms with Gasteiger partial charge in [0.05, 0.1) is 0 Å². The Morgan fingerprint density at radius 1 is 1.26 bits per heavy atom. The van der Waals surface area contributed by atoms with E-state index in [0.29, 0.717) is 11.6 Å². The van der Waals surface area contributed by atoms with Crippen LogP contribution < -0.4 is 5.32 Å². The van der Waals surface area contributed by atoms with Crippen LogP contribution in [-0.2, 0) is 4.74 Å². The molecule has 6 atom stereocenters. The first-order valence-corrected chi connectivity index (χ1v) is 6.56. The Bertz CT molecular complexity index is 532. The Hall–Kier alpha value is -1.78. The second-order valence-corrected chi connectivity index (χ2v) is 5.70. The molecule has 1 aromatic rings. The fourth-order valence-electron chi connectivity index (χ4n) is 3.97. The standard InChI is InChI=1S/C14H14FNO3/c15-12-9-5-8-10(12)11(8)13(9)19-14(18)16-6-1-3-7(17)4-2-6/h1-4,8-13,17H,5H2,(H,16,18)/t8-,9+,10?,11?,12+,13+/m1/s1. The normalized spacial score (nSPS) is 41.1. The quantitative estimate of drug-likeness (QED) is 0.806. The number of benzene rings is 1. The minimum absolute atomic E-state index is 0.0921. The number of aromatic hydroxyl groups is 1. The van der Waals surface area contributed by atoms with Gasteiger partial charge >= 0.3 is 6.09 Å². The van der Waals surface area contributed by atoms with Crippen LogP contribution in [0.5, 0.6) is 5.75 Å². The fraction of sp³-hybridized carbons (Fsp3) is 0.500. The van der Waals surface area contributed by atoms with Gasteiger partial charge in [-0.3, -0.25) is 5.32 Å². The predicted molar refractivity (Wildman–Crippen MR) is 65.5 cm³/mol. The summed E-state index contributed by atoms with van der Waals surface area (Å²) < 4.78 is 19.1. The van der Waals surface area contributed by atoms with Crippen LogP contribution in [0.1, 0.15) is 6.42 Å². The number of hydrogen-bond acceptors (Lipinski definition) is 3. The topological polar surface area (TPSA) is 58.6 Å². The van der Waals surface area contributed by atoms with Gasteiger partial charge in [0.25, 0.3) is 0 Å². The van der Waals surface area contributed by atoms with Crippen molar-refractivity contribution in [1.82, 2.24) is 0 Å². The number of halogens is 1. The van der Waals surface area contributed by atoms with Crippen molar-refractivity contribution < 1.29 is 19.0 Å². The summed E-state index contributed by atoms with van der Waals surface area (Å²) in [6.45, 7) is 0. The average Bonchev–Trinajstić information content (AvgIpc) is 2.70. The predicted octanol–water partition coefficient (Wildman–Crippen LogP) is 2.54. The first-order valence-electron chi connectivity index (χ1n) is 6.56. The molecule has 2 N–H and O–H groups in total. The first kappa shape index (κ1) is 11.1. The van der Waals surface area contributed by atoms with Gasteiger partial charge in [-0.05, 0) is 36.6 Å². The van der Waals surface area contributed by atoms with Crippen LogP contribution in [0.25, 0.3) is 0 Å². The van der Waals surface area contributed by atoms with Gasteiger partial charge in [-0.15, -0.1) is 0 Å². The van der Waals surface area contributed by atoms with Gasteiger partial charge < -0.3 is 9.84 Å². The third kappa shape index (κ3) is 1.54. The molecule has 4 aliphatic rings. The van der Waals surface area contributed by atoms with E-state index in [2.05, 4.69) is 5.32 Å². The third-order valence-electron chi connectivity index (χ3n) is 4.77. The molecular weight excluding hydrogens is 249 g/mol. The number of phenolic OH excluding ortho intramolecular Hbond substituents is 1. The summed E-state index contributed by atoms with van der Waals surface area (Å²) in [4.78, 5) is 11.8. The number of carbonyl (C=O) groups is 1. The van der Waals surface area contributed by atoms with Crippen molar-refractivity contribution in [3.05, 3.63) is 24.3 Å². The second kappa shape index (κ2) is 3.62. The van der Waals surface area contributed by atoms with Gasteiger partial charge in [0.1, 0.15) is 18.0 Å². The van der Waals surface area contributed by atoms with Crippen LogP contribution in [0.15, 0.2) is 24.3 Å². The van der Waals surface area contributed by atoms with Gasteiger partial charge in [-0.1, -0.05) is 0 Å². The molecule has 0 aromatic heterocycles. The van der Waals surface area contributed by atoms with Gasteiger partial charge in [0, 0.05) is 23.4 Å². The van der Waals surface area contributed by atoms with Gasteiger partial charge in [-0.2, -0.15) is 0 Å². The molecule has 19 heavy (non-hydrogen) atoms. The molecule has 5 heteroatoms. The monoisotopic (exact) mass is 263 g/mol. The summed E-state index contributed by atoms with van der Waals surface area (Å²) in [5, 5.41) is 11.7. The van der Waals surface area contributed by atoms with E-state index in [9.17, 15) is 9.18 Å². The summed E-state index contributed by atoms with van der Waals surface area (Å²) in [5.41, 5.74) is 0.553. The second-order valence-electron chi connectivity index (χ2n) is 5.70. The van der Waals surface area contributed by atoms with Gasteiger partial charge in [-0.25, -0.2) is 9.18 Å². The third-order valence-corrected chi connectivity index (χ3v) is 4.77. The average molecular weight is 263 g/mol. The van der Waals surface area contributed by atoms with Crippen molar-refractivity contribution >= 4 is 11.8 Å². The fourth-order valence-corrected chi connectivity index (χ4v) is 3.97. The molecule has 0 aliphatic heterocycles. The molecule has 100 valence electrons. The number of phenols is 1. The van der Waals surface area contributed by atoms with E-state index in [0.717, 1.165) is 6.42 Å². The molecule has 0 spiro atoms. The first-order chi connectivity index (χ1) is 9.15. The van der Waals surface area contributed by atoms with Crippen molar-refractivity contribution in [3.63, 3.8) is 0 Å². The lowest BCUT2D eigenvalue weighted by Crippen LogP contribution is -2.27. The van der Waals surface area contributed by atoms with Crippen molar-refractivity contribution in [2.45, 2.75) is 18.7 Å². The largest absolute Gasteiger partial charge is 0.508 e. The van der Waals surface area contributed by atoms with E-state index >= 15 is 0 Å². The highest BCUT2D eigenvalue weighted by molar-refractivity contribution is 5.84. The molecule has 2 unspecified atom stereocenters. The molecule has 4 saturated carbocycles. The van der Waals surface area contributed by atoms with Crippen LogP contribution in [0.2, 0.25) is 0 Å². The summed E-state index contributed by atoms with van der Waals surface area (Å²) in [5.74, 6) is 0.899. The Balaban J connectivity index is 1.39. The van der Waals surface area contributed by atoms with Crippen LogP contribution in [0.3, 0.4) is 0 Å². The Kier molecular flexibility index (Phi) is 2.11. The number of rotatable bonds is 2. The van der Waals surface area contributed by atoms with Crippen molar-refractivity contribution in [1.29, 1.82) is 0 Å². The van der Waals surface area contributed by atoms with Crippen LogP contribution in [0, 0.1) is 23.7 Å². The van der Waals surface area contributed by atoms with Crippen molar-refractivity contribution in [2.75, 3.05) is 5.32 Å². The molecule has 4 bridgehead atoms. The molecule has 1 aromatic carbocycles. The number of hydrogen-bond donors (Lipinski definition) is 2. The molecule has 0 radical (unpaired) electrons. The molecule has 4 nitrogen and oxygen atoms in total. The van der Waals surface area contributed by atoms with E-state index in [4.69, 9.17) is 9.84 Å². The zero-order chi connectivity index (χ0) is 13.1. The maximum absolute atomic E-state index is 13.7. The summed E-state index contributed by atoms with van der Waals surface area (Å²) in [7, 11) is 0. The molecule has 0 heterocycles. The highest BCUT2D eigenvalue weighted by Crippen LogP contribution is 2.72. The van der Waals surface area contributed by atoms with Crippen molar-refractivity contribution in [2.24, 2.45) is 23.7 Å². The smallest absolute Gasteiger partial charge is 0.411 e. The number of ether oxygens (including phenoxy) is 1. The highest BCUT2D eigenvalue weighted by Gasteiger charge is 2.75. The minimum atomic E-state index is -0.776. The number of anilines is 1. The highest BCUT2D eigenvalue weighted by atomic mass is 19.1. The lowest BCUT2D eigenvalue weighted by atomic mass is 10.1. The number of amides is 1. The van der Waals surface area contributed by atoms with Crippen LogP contribution >= 0.6 is 0 Å². The Morgan fingerprint density at radius 3 is 2.53 bits per heavy atom. The molecule has 5 rings (SSSR count). The van der Waals surface area contributed by atoms with E-state index in [1.165, 1.54) is 12.1 Å². The molecule has 4 aliphatic carbocycles. The summed E-state index contributed by atoms with van der Waals surface area (Å²) in [6, 6.07) is 6.14. The molecule has 1 amide bonds. The zero-order valence-electron chi connectivity index (χ0n) is 10.1. The van der Waals surface area contributed by atoms with Crippen LogP contribution in [0.4, 0.5) is 14.9 Å². The zero-order valence-corrected chi connectivity index (χ0v) is 10.1. The molecule has 0 saturated heterocycles. The summed E-state index contributed by atoms with van der Waals surface area (Å²) in [6.07, 6.45) is -0.696. The Labute approximate surface area is 109 Å². The SMILES string of the molecule is O=C(Nc1ccc(O)cc1)O[C@@H]1C2C3[C@H]2C[C@H]1[C@@H]3F. The van der Waals surface area contributed by atoms with Crippen molar-refractivity contribution in [3.8, 4) is 5.75 Å². The van der Waals surface area contributed by atoms with E-state index in [1.54, 1.807) is 12.1 Å². The summed E-state index contributed by atoms with van der Waals surface area (Å²) >= 11 is 0. The minimum Gasteiger partial charge on any atom is -0.508 e. The molecular formula is C14H14FNO3. The number of carbonyl (C=O) groups excluding carboxylic acids is 1. The van der Waals surface area contributed by atoms with E-state index in [-0.39, 0.29) is 29.6 Å².